The first-order valence-electron chi connectivity index (χ1n) is 8.67. The molecule has 0 radical (unpaired) electrons. The Hall–Kier alpha value is -1.81. The fourth-order valence-corrected chi connectivity index (χ4v) is 3.56. The zero-order valence-electron chi connectivity index (χ0n) is 13.8. The van der Waals surface area contributed by atoms with E-state index in [4.69, 9.17) is 16.3 Å². The third-order valence-corrected chi connectivity index (χ3v) is 4.95. The van der Waals surface area contributed by atoms with E-state index in [1.165, 1.54) is 32.1 Å². The van der Waals surface area contributed by atoms with Gasteiger partial charge in [-0.15, -0.1) is 0 Å². The van der Waals surface area contributed by atoms with Crippen LogP contribution in [0.1, 0.15) is 38.5 Å². The minimum absolute atomic E-state index is 0.00324. The fourth-order valence-electron chi connectivity index (χ4n) is 3.34. The Morgan fingerprint density at radius 2 is 2.12 bits per heavy atom. The summed E-state index contributed by atoms with van der Waals surface area (Å²) >= 11 is 6.16. The molecule has 2 aromatic rings. The van der Waals surface area contributed by atoms with Gasteiger partial charge in [0.1, 0.15) is 11.3 Å². The molecule has 0 saturated heterocycles. The van der Waals surface area contributed by atoms with Gasteiger partial charge in [0.2, 0.25) is 0 Å². The number of carbonyl (C=O) groups is 1. The van der Waals surface area contributed by atoms with Crippen molar-refractivity contribution in [2.45, 2.75) is 38.5 Å². The van der Waals surface area contributed by atoms with Crippen LogP contribution in [-0.4, -0.2) is 24.0 Å². The summed E-state index contributed by atoms with van der Waals surface area (Å²) in [7, 11) is 0. The van der Waals surface area contributed by atoms with Crippen LogP contribution in [0.2, 0.25) is 5.02 Å². The Labute approximate surface area is 147 Å². The summed E-state index contributed by atoms with van der Waals surface area (Å²) in [4.78, 5) is 16.2. The molecule has 1 N–H and O–H groups in total. The predicted molar refractivity (Wildman–Crippen MR) is 96.4 cm³/mol. The zero-order valence-corrected chi connectivity index (χ0v) is 14.5. The summed E-state index contributed by atoms with van der Waals surface area (Å²) in [5.41, 5.74) is 0.680. The molecule has 4 nitrogen and oxygen atoms in total. The maximum Gasteiger partial charge on any atom is 0.257 e. The van der Waals surface area contributed by atoms with Crippen molar-refractivity contribution in [2.24, 2.45) is 5.92 Å². The van der Waals surface area contributed by atoms with Gasteiger partial charge in [0.15, 0.2) is 6.61 Å². The number of hydrogen-bond donors (Lipinski definition) is 1. The van der Waals surface area contributed by atoms with E-state index in [0.29, 0.717) is 16.3 Å². The first-order valence-corrected chi connectivity index (χ1v) is 9.04. The number of aromatic nitrogens is 1. The minimum atomic E-state index is -0.0968. The Morgan fingerprint density at radius 3 is 2.96 bits per heavy atom. The van der Waals surface area contributed by atoms with E-state index in [0.717, 1.165) is 24.3 Å². The van der Waals surface area contributed by atoms with Gasteiger partial charge in [-0.25, -0.2) is 0 Å². The predicted octanol–water partition coefficient (Wildman–Crippen LogP) is 4.35. The number of pyridine rings is 1. The first kappa shape index (κ1) is 17.0. The number of amides is 1. The van der Waals surface area contributed by atoms with Crippen molar-refractivity contribution in [1.82, 2.24) is 10.3 Å². The van der Waals surface area contributed by atoms with Gasteiger partial charge in [0.05, 0.1) is 5.02 Å². The number of rotatable bonds is 7. The highest BCUT2D eigenvalue weighted by molar-refractivity contribution is 6.35. The van der Waals surface area contributed by atoms with Gasteiger partial charge >= 0.3 is 0 Å². The lowest BCUT2D eigenvalue weighted by Crippen LogP contribution is -2.29. The molecule has 0 spiro atoms. The standard InChI is InChI=1S/C19H23ClN2O2/c20-16-9-10-17(19-15(16)8-4-12-22-19)24-13-18(23)21-11-3-7-14-5-1-2-6-14/h4,8-10,12,14H,1-3,5-7,11,13H2,(H,21,23). The van der Waals surface area contributed by atoms with E-state index < -0.39 is 0 Å². The van der Waals surface area contributed by atoms with Crippen LogP contribution in [-0.2, 0) is 4.79 Å². The number of hydrogen-bond acceptors (Lipinski definition) is 3. The molecule has 1 heterocycles. The highest BCUT2D eigenvalue weighted by Gasteiger charge is 2.14. The smallest absolute Gasteiger partial charge is 0.257 e. The summed E-state index contributed by atoms with van der Waals surface area (Å²) in [5.74, 6) is 1.35. The SMILES string of the molecule is O=C(COc1ccc(Cl)c2cccnc12)NCCCC1CCCC1. The molecule has 1 aliphatic rings. The van der Waals surface area contributed by atoms with Crippen LogP contribution in [0.5, 0.6) is 5.75 Å². The Balaban J connectivity index is 1.45. The molecule has 0 unspecified atom stereocenters. The first-order chi connectivity index (χ1) is 11.7. The van der Waals surface area contributed by atoms with Gasteiger partial charge < -0.3 is 10.1 Å². The minimum Gasteiger partial charge on any atom is -0.481 e. The number of carbonyl (C=O) groups excluding carboxylic acids is 1. The molecule has 1 aliphatic carbocycles. The van der Waals surface area contributed by atoms with Crippen molar-refractivity contribution in [3.8, 4) is 5.75 Å². The number of fused-ring (bicyclic) bond motifs is 1. The van der Waals surface area contributed by atoms with Gasteiger partial charge in [-0.2, -0.15) is 0 Å². The van der Waals surface area contributed by atoms with Crippen LogP contribution in [0.15, 0.2) is 30.5 Å². The molecule has 0 aliphatic heterocycles. The lowest BCUT2D eigenvalue weighted by atomic mass is 10.0. The van der Waals surface area contributed by atoms with Crippen molar-refractivity contribution in [2.75, 3.05) is 13.2 Å². The van der Waals surface area contributed by atoms with Crippen molar-refractivity contribution < 1.29 is 9.53 Å². The van der Waals surface area contributed by atoms with Crippen LogP contribution in [0.3, 0.4) is 0 Å². The molecule has 1 aromatic carbocycles. The highest BCUT2D eigenvalue weighted by atomic mass is 35.5. The normalized spacial score (nSPS) is 14.9. The van der Waals surface area contributed by atoms with Gasteiger partial charge in [-0.1, -0.05) is 37.3 Å². The lowest BCUT2D eigenvalue weighted by molar-refractivity contribution is -0.123. The molecule has 3 rings (SSSR count). The second-order valence-electron chi connectivity index (χ2n) is 6.38. The average molecular weight is 347 g/mol. The molecule has 1 aromatic heterocycles. The zero-order chi connectivity index (χ0) is 16.8. The molecular formula is C19H23ClN2O2. The van der Waals surface area contributed by atoms with Crippen molar-refractivity contribution in [3.05, 3.63) is 35.5 Å². The molecule has 0 bridgehead atoms. The van der Waals surface area contributed by atoms with E-state index >= 15 is 0 Å². The monoisotopic (exact) mass is 346 g/mol. The largest absolute Gasteiger partial charge is 0.481 e. The van der Waals surface area contributed by atoms with Crippen molar-refractivity contribution >= 4 is 28.4 Å². The quantitative estimate of drug-likeness (QED) is 0.758. The Bertz CT molecular complexity index is 699. The Kier molecular flexibility index (Phi) is 5.91. The van der Waals surface area contributed by atoms with Gasteiger partial charge in [-0.3, -0.25) is 9.78 Å². The summed E-state index contributed by atoms with van der Waals surface area (Å²) in [6, 6.07) is 7.24. The molecule has 0 atom stereocenters. The molecule has 24 heavy (non-hydrogen) atoms. The Morgan fingerprint density at radius 1 is 1.29 bits per heavy atom. The maximum absolute atomic E-state index is 11.9. The second kappa shape index (κ2) is 8.34. The molecular weight excluding hydrogens is 324 g/mol. The molecule has 5 heteroatoms. The summed E-state index contributed by atoms with van der Waals surface area (Å²) in [6.45, 7) is 0.717. The van der Waals surface area contributed by atoms with E-state index in [-0.39, 0.29) is 12.5 Å². The molecule has 1 saturated carbocycles. The second-order valence-corrected chi connectivity index (χ2v) is 6.78. The van der Waals surface area contributed by atoms with Crippen LogP contribution < -0.4 is 10.1 Å². The number of benzene rings is 1. The van der Waals surface area contributed by atoms with Gasteiger partial charge in [-0.05, 0) is 43.0 Å². The number of halogens is 1. The van der Waals surface area contributed by atoms with Crippen LogP contribution in [0.25, 0.3) is 10.9 Å². The molecule has 1 fully saturated rings. The summed E-state index contributed by atoms with van der Waals surface area (Å²) in [6.07, 6.45) is 9.40. The molecule has 128 valence electrons. The van der Waals surface area contributed by atoms with E-state index in [1.807, 2.05) is 12.1 Å². The van der Waals surface area contributed by atoms with Gasteiger partial charge in [0, 0.05) is 18.1 Å². The van der Waals surface area contributed by atoms with Crippen LogP contribution in [0, 0.1) is 5.92 Å². The van der Waals surface area contributed by atoms with Crippen LogP contribution in [0.4, 0.5) is 0 Å². The molecule has 1 amide bonds. The summed E-state index contributed by atoms with van der Waals surface area (Å²) in [5, 5.41) is 4.38. The van der Waals surface area contributed by atoms with Crippen molar-refractivity contribution in [3.63, 3.8) is 0 Å². The fraction of sp³-hybridized carbons (Fsp3) is 0.474. The number of nitrogens with zero attached hydrogens (tertiary/aromatic N) is 1. The third kappa shape index (κ3) is 4.38. The lowest BCUT2D eigenvalue weighted by Gasteiger charge is -2.11. The van der Waals surface area contributed by atoms with Crippen LogP contribution >= 0.6 is 11.6 Å². The number of nitrogens with one attached hydrogen (secondary N) is 1. The van der Waals surface area contributed by atoms with E-state index in [9.17, 15) is 4.79 Å². The highest BCUT2D eigenvalue weighted by Crippen LogP contribution is 2.29. The van der Waals surface area contributed by atoms with Gasteiger partial charge in [0.25, 0.3) is 5.91 Å². The topological polar surface area (TPSA) is 51.2 Å². The summed E-state index contributed by atoms with van der Waals surface area (Å²) < 4.78 is 5.63. The number of ether oxygens (including phenoxy) is 1. The maximum atomic E-state index is 11.9. The van der Waals surface area contributed by atoms with E-state index in [1.54, 1.807) is 18.3 Å². The third-order valence-electron chi connectivity index (χ3n) is 4.62. The van der Waals surface area contributed by atoms with Crippen molar-refractivity contribution in [1.29, 1.82) is 0 Å². The van der Waals surface area contributed by atoms with E-state index in [2.05, 4.69) is 10.3 Å². The average Bonchev–Trinajstić information content (AvgIpc) is 3.12.